The summed E-state index contributed by atoms with van der Waals surface area (Å²) in [6.45, 7) is 3.43. The number of nitrogens with zero attached hydrogens (tertiary/aromatic N) is 3. The van der Waals surface area contributed by atoms with Crippen molar-refractivity contribution >= 4 is 63.0 Å². The third-order valence-corrected chi connectivity index (χ3v) is 7.15. The van der Waals surface area contributed by atoms with Crippen LogP contribution in [0.5, 0.6) is 11.6 Å². The minimum absolute atomic E-state index is 0.0846. The molecule has 1 N–H and O–H groups in total. The molecule has 0 saturated carbocycles. The van der Waals surface area contributed by atoms with Crippen LogP contribution in [0.15, 0.2) is 65.7 Å². The number of thioether (sulfide) groups is 1. The number of carbonyl (C=O) groups excluding carboxylic acids is 3. The number of aromatic nitrogens is 2. The van der Waals surface area contributed by atoms with Crippen molar-refractivity contribution in [3.63, 3.8) is 0 Å². The van der Waals surface area contributed by atoms with Gasteiger partial charge in [0.15, 0.2) is 0 Å². The van der Waals surface area contributed by atoms with Gasteiger partial charge in [0, 0.05) is 11.3 Å². The molecular formula is C28H20ClFN4O4S. The van der Waals surface area contributed by atoms with Gasteiger partial charge in [0.05, 0.1) is 11.1 Å². The highest BCUT2D eigenvalue weighted by molar-refractivity contribution is 8.18. The Kier molecular flexibility index (Phi) is 7.32. The van der Waals surface area contributed by atoms with Gasteiger partial charge in [0.25, 0.3) is 17.0 Å². The molecule has 5 rings (SSSR count). The first-order chi connectivity index (χ1) is 18.7. The van der Waals surface area contributed by atoms with E-state index in [2.05, 4.69) is 15.3 Å². The number of hydrogen-bond acceptors (Lipinski definition) is 7. The van der Waals surface area contributed by atoms with E-state index in [1.807, 2.05) is 38.1 Å². The van der Waals surface area contributed by atoms with E-state index in [0.29, 0.717) is 28.4 Å². The van der Waals surface area contributed by atoms with Crippen LogP contribution in [0.3, 0.4) is 0 Å². The van der Waals surface area contributed by atoms with Crippen LogP contribution in [0, 0.1) is 19.7 Å². The molecule has 0 unspecified atom stereocenters. The number of ether oxygens (including phenoxy) is 1. The summed E-state index contributed by atoms with van der Waals surface area (Å²) in [6, 6.07) is 16.1. The summed E-state index contributed by atoms with van der Waals surface area (Å²) in [5.41, 5.74) is 3.07. The number of hydrogen-bond donors (Lipinski definition) is 1. The first-order valence-corrected chi connectivity index (χ1v) is 12.9. The molecule has 3 aromatic carbocycles. The van der Waals surface area contributed by atoms with Gasteiger partial charge >= 0.3 is 0 Å². The second-order valence-electron chi connectivity index (χ2n) is 8.71. The van der Waals surface area contributed by atoms with Gasteiger partial charge in [-0.25, -0.2) is 4.98 Å². The fourth-order valence-electron chi connectivity index (χ4n) is 3.95. The number of anilines is 1. The van der Waals surface area contributed by atoms with Crippen LogP contribution in [0.25, 0.3) is 16.8 Å². The zero-order valence-corrected chi connectivity index (χ0v) is 22.3. The highest BCUT2D eigenvalue weighted by Crippen LogP contribution is 2.38. The number of fused-ring (bicyclic) bond motifs is 1. The van der Waals surface area contributed by atoms with Crippen molar-refractivity contribution in [2.45, 2.75) is 13.8 Å². The molecule has 0 atom stereocenters. The number of nitrogens with one attached hydrogen (secondary N) is 1. The molecule has 3 amide bonds. The van der Waals surface area contributed by atoms with E-state index in [1.54, 1.807) is 30.3 Å². The van der Waals surface area contributed by atoms with Crippen LogP contribution in [0.1, 0.15) is 16.7 Å². The van der Waals surface area contributed by atoms with Gasteiger partial charge in [-0.2, -0.15) is 9.37 Å². The molecule has 1 fully saturated rings. The Labute approximate surface area is 231 Å². The van der Waals surface area contributed by atoms with Crippen molar-refractivity contribution in [3.05, 3.63) is 93.5 Å². The molecule has 8 nitrogen and oxygen atoms in total. The molecule has 39 heavy (non-hydrogen) atoms. The number of imide groups is 1. The number of aryl methyl sites for hydroxylation is 2. The lowest BCUT2D eigenvalue weighted by atomic mass is 10.0. The van der Waals surface area contributed by atoms with E-state index < -0.39 is 35.3 Å². The van der Waals surface area contributed by atoms with Gasteiger partial charge in [-0.1, -0.05) is 36.4 Å². The molecule has 0 bridgehead atoms. The molecule has 1 saturated heterocycles. The lowest BCUT2D eigenvalue weighted by Gasteiger charge is -2.13. The summed E-state index contributed by atoms with van der Waals surface area (Å²) in [6.07, 6.45) is 2.38. The molecule has 4 aromatic rings. The fourth-order valence-corrected chi connectivity index (χ4v) is 4.90. The van der Waals surface area contributed by atoms with Crippen molar-refractivity contribution in [1.29, 1.82) is 0 Å². The highest BCUT2D eigenvalue weighted by atomic mass is 35.5. The molecule has 1 aromatic heterocycles. The van der Waals surface area contributed by atoms with Crippen molar-refractivity contribution in [1.82, 2.24) is 14.9 Å². The first kappa shape index (κ1) is 26.3. The van der Waals surface area contributed by atoms with Crippen LogP contribution in [0.2, 0.25) is 5.28 Å². The van der Waals surface area contributed by atoms with E-state index in [4.69, 9.17) is 16.3 Å². The molecule has 11 heteroatoms. The van der Waals surface area contributed by atoms with E-state index in [1.165, 1.54) is 6.08 Å². The van der Waals surface area contributed by atoms with Crippen LogP contribution in [-0.2, 0) is 9.59 Å². The number of halogens is 2. The Morgan fingerprint density at radius 1 is 1.13 bits per heavy atom. The predicted molar refractivity (Wildman–Crippen MR) is 148 cm³/mol. The summed E-state index contributed by atoms with van der Waals surface area (Å²) in [5.74, 6) is -2.17. The Morgan fingerprint density at radius 3 is 2.72 bits per heavy atom. The quantitative estimate of drug-likeness (QED) is 0.211. The Hall–Kier alpha value is -4.28. The number of benzene rings is 3. The van der Waals surface area contributed by atoms with Gasteiger partial charge < -0.3 is 10.1 Å². The molecule has 1 aliphatic heterocycles. The summed E-state index contributed by atoms with van der Waals surface area (Å²) < 4.78 is 20.1. The summed E-state index contributed by atoms with van der Waals surface area (Å²) in [5, 5.41) is 3.45. The Bertz CT molecular complexity index is 1690. The van der Waals surface area contributed by atoms with Crippen molar-refractivity contribution < 1.29 is 23.5 Å². The molecule has 0 spiro atoms. The van der Waals surface area contributed by atoms with E-state index >= 15 is 0 Å². The predicted octanol–water partition coefficient (Wildman–Crippen LogP) is 6.51. The summed E-state index contributed by atoms with van der Waals surface area (Å²) >= 11 is 6.51. The molecule has 0 aliphatic carbocycles. The average molecular weight is 563 g/mol. The smallest absolute Gasteiger partial charge is 0.294 e. The van der Waals surface area contributed by atoms with E-state index in [0.717, 1.165) is 27.6 Å². The van der Waals surface area contributed by atoms with Crippen molar-refractivity contribution in [2.75, 3.05) is 11.9 Å². The SMILES string of the molecule is Cc1ccc(NC(=O)CN2C(=O)S/C(=C/c3c(Oc4nc(Cl)ncc4F)ccc4ccccc34)C2=O)cc1C. The minimum atomic E-state index is -0.825. The van der Waals surface area contributed by atoms with Crippen LogP contribution in [-0.4, -0.2) is 38.5 Å². The van der Waals surface area contributed by atoms with Gasteiger partial charge in [0.1, 0.15) is 12.3 Å². The maximum atomic E-state index is 14.3. The lowest BCUT2D eigenvalue weighted by Crippen LogP contribution is -2.36. The first-order valence-electron chi connectivity index (χ1n) is 11.7. The molecule has 1 aliphatic rings. The molecule has 0 radical (unpaired) electrons. The fraction of sp³-hybridized carbons (Fsp3) is 0.107. The maximum absolute atomic E-state index is 14.3. The van der Waals surface area contributed by atoms with E-state index in [9.17, 15) is 18.8 Å². The van der Waals surface area contributed by atoms with Gasteiger partial charge in [0.2, 0.25) is 17.0 Å². The van der Waals surface area contributed by atoms with Gasteiger partial charge in [-0.3, -0.25) is 19.3 Å². The van der Waals surface area contributed by atoms with E-state index in [-0.39, 0.29) is 15.9 Å². The topological polar surface area (TPSA) is 101 Å². The largest absolute Gasteiger partial charge is 0.436 e. The normalized spacial score (nSPS) is 14.4. The summed E-state index contributed by atoms with van der Waals surface area (Å²) in [7, 11) is 0. The summed E-state index contributed by atoms with van der Waals surface area (Å²) in [4.78, 5) is 46.9. The lowest BCUT2D eigenvalue weighted by molar-refractivity contribution is -0.127. The van der Waals surface area contributed by atoms with Gasteiger partial charge in [-0.05, 0) is 83.4 Å². The Morgan fingerprint density at radius 2 is 1.92 bits per heavy atom. The number of rotatable bonds is 6. The molecule has 2 heterocycles. The van der Waals surface area contributed by atoms with Crippen LogP contribution < -0.4 is 10.1 Å². The number of carbonyl (C=O) groups is 3. The second kappa shape index (κ2) is 10.8. The monoisotopic (exact) mass is 562 g/mol. The minimum Gasteiger partial charge on any atom is -0.436 e. The van der Waals surface area contributed by atoms with Crippen LogP contribution in [0.4, 0.5) is 14.9 Å². The molecular weight excluding hydrogens is 543 g/mol. The van der Waals surface area contributed by atoms with Gasteiger partial charge in [-0.15, -0.1) is 0 Å². The zero-order chi connectivity index (χ0) is 27.7. The highest BCUT2D eigenvalue weighted by Gasteiger charge is 2.36. The third-order valence-electron chi connectivity index (χ3n) is 6.06. The molecule has 196 valence electrons. The Balaban J connectivity index is 1.44. The van der Waals surface area contributed by atoms with Crippen molar-refractivity contribution in [2.24, 2.45) is 0 Å². The third kappa shape index (κ3) is 5.62. The second-order valence-corrected chi connectivity index (χ2v) is 10.0. The maximum Gasteiger partial charge on any atom is 0.294 e. The average Bonchev–Trinajstić information content (AvgIpc) is 3.17. The standard InChI is InChI=1S/C28H20ClFN4O4S/c1-15-7-9-18(11-16(15)2)32-24(35)14-34-26(36)23(39-28(34)37)12-20-19-6-4-3-5-17(19)8-10-22(20)38-25-21(30)13-31-27(29)33-25/h3-13H,14H2,1-2H3,(H,32,35)/b23-12+. The van der Waals surface area contributed by atoms with Crippen molar-refractivity contribution in [3.8, 4) is 11.6 Å². The zero-order valence-electron chi connectivity index (χ0n) is 20.7. The van der Waals surface area contributed by atoms with Crippen LogP contribution >= 0.6 is 23.4 Å². The number of amides is 3.